The summed E-state index contributed by atoms with van der Waals surface area (Å²) in [5.41, 5.74) is 10.1. The third kappa shape index (κ3) is 4.93. The smallest absolute Gasteiger partial charge is 0.0118 e. The van der Waals surface area contributed by atoms with Gasteiger partial charge in [-0.3, -0.25) is 0 Å². The lowest BCUT2D eigenvalue weighted by atomic mass is 9.79. The zero-order valence-corrected chi connectivity index (χ0v) is 18.4. The maximum atomic E-state index is 3.82. The number of hydrogen-bond acceptors (Lipinski definition) is 0. The molecule has 1 aliphatic rings. The second kappa shape index (κ2) is 9.94. The van der Waals surface area contributed by atoms with Crippen LogP contribution in [0.1, 0.15) is 66.3 Å². The summed E-state index contributed by atoms with van der Waals surface area (Å²) in [5, 5.41) is 0. The van der Waals surface area contributed by atoms with Gasteiger partial charge >= 0.3 is 0 Å². The van der Waals surface area contributed by atoms with Crippen molar-refractivity contribution in [3.8, 4) is 11.1 Å². The number of rotatable bonds is 8. The van der Waals surface area contributed by atoms with Gasteiger partial charge in [0.15, 0.2) is 0 Å². The van der Waals surface area contributed by atoms with Gasteiger partial charge in [0.05, 0.1) is 0 Å². The maximum Gasteiger partial charge on any atom is -0.0118 e. The molecule has 154 valence electrons. The SMILES string of the molecule is C=CCCc1ccc(-c2ccc3c(c2)CCC(c2ccc(CCCC)cc2)C3)cc1. The minimum atomic E-state index is 0.660. The summed E-state index contributed by atoms with van der Waals surface area (Å²) in [6, 6.07) is 25.6. The Labute approximate surface area is 182 Å². The minimum absolute atomic E-state index is 0.660. The lowest BCUT2D eigenvalue weighted by Crippen LogP contribution is -2.13. The van der Waals surface area contributed by atoms with Crippen LogP contribution in [0.2, 0.25) is 0 Å². The molecule has 0 saturated heterocycles. The van der Waals surface area contributed by atoms with Gasteiger partial charge in [-0.15, -0.1) is 6.58 Å². The molecule has 0 saturated carbocycles. The van der Waals surface area contributed by atoms with E-state index in [0.717, 1.165) is 12.8 Å². The average Bonchev–Trinajstić information content (AvgIpc) is 2.81. The molecule has 3 aromatic carbocycles. The van der Waals surface area contributed by atoms with Crippen LogP contribution in [-0.4, -0.2) is 0 Å². The molecule has 0 bridgehead atoms. The van der Waals surface area contributed by atoms with Gasteiger partial charge in [0, 0.05) is 0 Å². The molecule has 1 atom stereocenters. The highest BCUT2D eigenvalue weighted by atomic mass is 14.2. The van der Waals surface area contributed by atoms with Crippen LogP contribution in [0.3, 0.4) is 0 Å². The summed E-state index contributed by atoms with van der Waals surface area (Å²) in [4.78, 5) is 0. The van der Waals surface area contributed by atoms with E-state index in [9.17, 15) is 0 Å². The largest absolute Gasteiger partial charge is 0.103 e. The highest BCUT2D eigenvalue weighted by Gasteiger charge is 2.20. The summed E-state index contributed by atoms with van der Waals surface area (Å²) in [7, 11) is 0. The molecular formula is C30H34. The molecule has 0 N–H and O–H groups in total. The Hall–Kier alpha value is -2.60. The van der Waals surface area contributed by atoms with E-state index in [1.807, 2.05) is 6.08 Å². The van der Waals surface area contributed by atoms with E-state index >= 15 is 0 Å². The van der Waals surface area contributed by atoms with Crippen LogP contribution < -0.4 is 0 Å². The van der Waals surface area contributed by atoms with Crippen molar-refractivity contribution in [3.05, 3.63) is 107 Å². The lowest BCUT2D eigenvalue weighted by molar-refractivity contribution is 0.585. The Morgan fingerprint density at radius 2 is 1.53 bits per heavy atom. The van der Waals surface area contributed by atoms with Gasteiger partial charge in [-0.2, -0.15) is 0 Å². The van der Waals surface area contributed by atoms with E-state index < -0.39 is 0 Å². The van der Waals surface area contributed by atoms with Crippen LogP contribution in [0.25, 0.3) is 11.1 Å². The number of hydrogen-bond donors (Lipinski definition) is 0. The highest BCUT2D eigenvalue weighted by Crippen LogP contribution is 2.35. The van der Waals surface area contributed by atoms with Gasteiger partial charge in [0.25, 0.3) is 0 Å². The Morgan fingerprint density at radius 1 is 0.833 bits per heavy atom. The molecule has 0 aliphatic heterocycles. The van der Waals surface area contributed by atoms with Crippen LogP contribution >= 0.6 is 0 Å². The zero-order valence-electron chi connectivity index (χ0n) is 18.4. The van der Waals surface area contributed by atoms with Crippen LogP contribution in [0, 0.1) is 0 Å². The van der Waals surface area contributed by atoms with Gasteiger partial charge in [0.1, 0.15) is 0 Å². The van der Waals surface area contributed by atoms with Crippen molar-refractivity contribution in [2.75, 3.05) is 0 Å². The first-order valence-corrected chi connectivity index (χ1v) is 11.7. The molecule has 0 amide bonds. The second-order valence-electron chi connectivity index (χ2n) is 8.79. The summed E-state index contributed by atoms with van der Waals surface area (Å²) in [6.45, 7) is 6.08. The third-order valence-corrected chi connectivity index (χ3v) is 6.63. The summed E-state index contributed by atoms with van der Waals surface area (Å²) in [5.74, 6) is 0.660. The molecule has 0 heteroatoms. The first-order chi connectivity index (χ1) is 14.8. The van der Waals surface area contributed by atoms with Gasteiger partial charge in [0.2, 0.25) is 0 Å². The molecule has 1 aliphatic carbocycles. The Kier molecular flexibility index (Phi) is 6.84. The normalized spacial score (nSPS) is 15.6. The van der Waals surface area contributed by atoms with E-state index in [1.165, 1.54) is 71.9 Å². The monoisotopic (exact) mass is 394 g/mol. The van der Waals surface area contributed by atoms with E-state index in [4.69, 9.17) is 0 Å². The molecule has 0 spiro atoms. The molecule has 1 unspecified atom stereocenters. The number of allylic oxidation sites excluding steroid dienone is 1. The van der Waals surface area contributed by atoms with Crippen molar-refractivity contribution < 1.29 is 0 Å². The summed E-state index contributed by atoms with van der Waals surface area (Å²) in [6.07, 6.45) is 11.5. The number of unbranched alkanes of at least 4 members (excludes halogenated alkanes) is 1. The first kappa shape index (κ1) is 20.7. The van der Waals surface area contributed by atoms with Crippen molar-refractivity contribution in [1.82, 2.24) is 0 Å². The van der Waals surface area contributed by atoms with Crippen molar-refractivity contribution in [2.24, 2.45) is 0 Å². The minimum Gasteiger partial charge on any atom is -0.103 e. The lowest BCUT2D eigenvalue weighted by Gasteiger charge is -2.26. The second-order valence-corrected chi connectivity index (χ2v) is 8.79. The van der Waals surface area contributed by atoms with E-state index in [1.54, 1.807) is 5.56 Å². The first-order valence-electron chi connectivity index (χ1n) is 11.7. The molecule has 0 nitrogen and oxygen atoms in total. The highest BCUT2D eigenvalue weighted by molar-refractivity contribution is 5.65. The fourth-order valence-corrected chi connectivity index (χ4v) is 4.69. The van der Waals surface area contributed by atoms with Crippen LogP contribution in [0.5, 0.6) is 0 Å². The molecule has 0 radical (unpaired) electrons. The van der Waals surface area contributed by atoms with Crippen LogP contribution in [0.15, 0.2) is 79.4 Å². The molecule has 0 fully saturated rings. The van der Waals surface area contributed by atoms with Crippen molar-refractivity contribution in [1.29, 1.82) is 0 Å². The van der Waals surface area contributed by atoms with E-state index in [2.05, 4.69) is 80.2 Å². The Morgan fingerprint density at radius 3 is 2.27 bits per heavy atom. The molecular weight excluding hydrogens is 360 g/mol. The number of aryl methyl sites for hydroxylation is 3. The topological polar surface area (TPSA) is 0 Å². The predicted molar refractivity (Wildman–Crippen MR) is 130 cm³/mol. The van der Waals surface area contributed by atoms with Crippen molar-refractivity contribution >= 4 is 0 Å². The number of fused-ring (bicyclic) bond motifs is 1. The van der Waals surface area contributed by atoms with Gasteiger partial charge in [-0.05, 0) is 89.8 Å². The Balaban J connectivity index is 1.44. The Bertz CT molecular complexity index is 960. The van der Waals surface area contributed by atoms with E-state index in [-0.39, 0.29) is 0 Å². The fourth-order valence-electron chi connectivity index (χ4n) is 4.69. The van der Waals surface area contributed by atoms with Crippen molar-refractivity contribution in [3.63, 3.8) is 0 Å². The third-order valence-electron chi connectivity index (χ3n) is 6.63. The maximum absolute atomic E-state index is 3.82. The van der Waals surface area contributed by atoms with E-state index in [0.29, 0.717) is 5.92 Å². The standard InChI is InChI=1S/C30H34/c1-3-5-7-23-9-13-25(14-10-23)27-17-19-30-22-28(18-20-29(30)21-27)26-15-11-24(12-16-26)8-6-4-2/h3,9-17,19,21,28H,1,4-8,18,20,22H2,2H3. The summed E-state index contributed by atoms with van der Waals surface area (Å²) >= 11 is 0. The van der Waals surface area contributed by atoms with Gasteiger partial charge in [-0.1, -0.05) is 86.2 Å². The molecule has 3 aromatic rings. The zero-order chi connectivity index (χ0) is 20.8. The van der Waals surface area contributed by atoms with Crippen molar-refractivity contribution in [2.45, 2.75) is 64.2 Å². The molecule has 0 heterocycles. The quantitative estimate of drug-likeness (QED) is 0.339. The molecule has 30 heavy (non-hydrogen) atoms. The van der Waals surface area contributed by atoms with Crippen LogP contribution in [0.4, 0.5) is 0 Å². The van der Waals surface area contributed by atoms with Gasteiger partial charge < -0.3 is 0 Å². The predicted octanol–water partition coefficient (Wildman–Crippen LogP) is 8.09. The summed E-state index contributed by atoms with van der Waals surface area (Å²) < 4.78 is 0. The van der Waals surface area contributed by atoms with Gasteiger partial charge in [-0.25, -0.2) is 0 Å². The molecule has 4 rings (SSSR count). The fraction of sp³-hybridized carbons (Fsp3) is 0.333. The number of benzene rings is 3. The van der Waals surface area contributed by atoms with Crippen LogP contribution in [-0.2, 0) is 25.7 Å². The molecule has 0 aromatic heterocycles. The average molecular weight is 395 g/mol.